The quantitative estimate of drug-likeness (QED) is 0.796. The maximum Gasteiger partial charge on any atom is 0.224 e. The van der Waals surface area contributed by atoms with E-state index in [1.807, 2.05) is 24.3 Å². The maximum absolute atomic E-state index is 11.6. The van der Waals surface area contributed by atoms with E-state index in [0.29, 0.717) is 18.8 Å². The van der Waals surface area contributed by atoms with Gasteiger partial charge in [-0.25, -0.2) is 0 Å². The number of nitrogens with one attached hydrogen (secondary N) is 1. The van der Waals surface area contributed by atoms with Crippen LogP contribution in [0.2, 0.25) is 0 Å². The number of carbonyl (C=O) groups excluding carboxylic acids is 1. The fourth-order valence-electron chi connectivity index (χ4n) is 1.65. The Kier molecular flexibility index (Phi) is 4.38. The van der Waals surface area contributed by atoms with E-state index in [0.717, 1.165) is 11.3 Å². The molecule has 0 unspecified atom stereocenters. The van der Waals surface area contributed by atoms with E-state index in [1.54, 1.807) is 0 Å². The number of anilines is 1. The van der Waals surface area contributed by atoms with Gasteiger partial charge in [0.2, 0.25) is 5.91 Å². The topological polar surface area (TPSA) is 49.3 Å². The third-order valence-corrected chi connectivity index (χ3v) is 2.81. The highest BCUT2D eigenvalue weighted by Crippen LogP contribution is 2.32. The smallest absolute Gasteiger partial charge is 0.224 e. The minimum atomic E-state index is 0.0856. The zero-order chi connectivity index (χ0) is 12.8. The van der Waals surface area contributed by atoms with Crippen molar-refractivity contribution in [2.45, 2.75) is 25.7 Å². The number of benzene rings is 1. The summed E-state index contributed by atoms with van der Waals surface area (Å²) in [5.74, 6) is 6.50. The van der Waals surface area contributed by atoms with Crippen LogP contribution in [0.4, 0.5) is 5.69 Å². The largest absolute Gasteiger partial charge is 0.395 e. The van der Waals surface area contributed by atoms with Crippen LogP contribution in [0.15, 0.2) is 24.3 Å². The number of hydrogen-bond donors (Lipinski definition) is 2. The van der Waals surface area contributed by atoms with Crippen molar-refractivity contribution in [2.75, 3.05) is 11.9 Å². The normalized spacial score (nSPS) is 13.6. The van der Waals surface area contributed by atoms with E-state index in [-0.39, 0.29) is 12.5 Å². The zero-order valence-corrected chi connectivity index (χ0v) is 10.3. The Morgan fingerprint density at radius 3 is 2.67 bits per heavy atom. The molecule has 0 spiro atoms. The highest BCUT2D eigenvalue weighted by Gasteiger charge is 2.24. The Morgan fingerprint density at radius 1 is 1.33 bits per heavy atom. The van der Waals surface area contributed by atoms with Gasteiger partial charge in [0.1, 0.15) is 0 Å². The molecule has 1 aliphatic carbocycles. The van der Waals surface area contributed by atoms with Crippen LogP contribution in [0.3, 0.4) is 0 Å². The molecule has 2 rings (SSSR count). The lowest BCUT2D eigenvalue weighted by atomic mass is 10.2. The molecule has 0 heterocycles. The van der Waals surface area contributed by atoms with Gasteiger partial charge in [0.05, 0.1) is 6.61 Å². The molecule has 18 heavy (non-hydrogen) atoms. The molecule has 0 aliphatic heterocycles. The number of carbonyl (C=O) groups is 1. The van der Waals surface area contributed by atoms with Crippen LogP contribution in [-0.4, -0.2) is 17.6 Å². The fourth-order valence-corrected chi connectivity index (χ4v) is 1.65. The van der Waals surface area contributed by atoms with Crippen molar-refractivity contribution < 1.29 is 9.90 Å². The first kappa shape index (κ1) is 12.7. The number of rotatable bonds is 4. The molecular weight excluding hydrogens is 226 g/mol. The lowest BCUT2D eigenvalue weighted by Gasteiger charge is -2.04. The Hall–Kier alpha value is -1.79. The summed E-state index contributed by atoms with van der Waals surface area (Å²) in [6, 6.07) is 7.45. The van der Waals surface area contributed by atoms with Gasteiger partial charge >= 0.3 is 0 Å². The molecule has 0 aromatic heterocycles. The van der Waals surface area contributed by atoms with Gasteiger partial charge in [-0.15, -0.1) is 0 Å². The van der Waals surface area contributed by atoms with Crippen molar-refractivity contribution in [1.82, 2.24) is 0 Å². The van der Waals surface area contributed by atoms with Crippen molar-refractivity contribution in [2.24, 2.45) is 5.92 Å². The lowest BCUT2D eigenvalue weighted by molar-refractivity contribution is -0.116. The van der Waals surface area contributed by atoms with E-state index in [4.69, 9.17) is 5.11 Å². The van der Waals surface area contributed by atoms with Crippen LogP contribution in [-0.2, 0) is 4.79 Å². The molecule has 1 aromatic rings. The van der Waals surface area contributed by atoms with E-state index < -0.39 is 0 Å². The van der Waals surface area contributed by atoms with Crippen LogP contribution in [0.5, 0.6) is 0 Å². The van der Waals surface area contributed by atoms with E-state index in [9.17, 15) is 4.79 Å². The van der Waals surface area contributed by atoms with Gasteiger partial charge in [-0.2, -0.15) is 0 Å². The first-order chi connectivity index (χ1) is 8.78. The molecule has 1 aliphatic rings. The first-order valence-corrected chi connectivity index (χ1v) is 6.27. The minimum Gasteiger partial charge on any atom is -0.395 e. The van der Waals surface area contributed by atoms with Crippen molar-refractivity contribution >= 4 is 11.6 Å². The van der Waals surface area contributed by atoms with Gasteiger partial charge in [0, 0.05) is 24.1 Å². The zero-order valence-electron chi connectivity index (χ0n) is 10.3. The molecule has 1 aromatic carbocycles. The molecule has 0 saturated heterocycles. The molecule has 3 nitrogen and oxygen atoms in total. The molecule has 0 atom stereocenters. The summed E-state index contributed by atoms with van der Waals surface area (Å²) in [5, 5.41) is 11.5. The van der Waals surface area contributed by atoms with Gasteiger partial charge in [-0.3, -0.25) is 4.79 Å². The number of aliphatic hydroxyl groups is 1. The second kappa shape index (κ2) is 6.23. The van der Waals surface area contributed by atoms with Crippen LogP contribution in [0.1, 0.15) is 31.2 Å². The van der Waals surface area contributed by atoms with Crippen molar-refractivity contribution in [3.05, 3.63) is 29.8 Å². The number of hydrogen-bond acceptors (Lipinski definition) is 2. The summed E-state index contributed by atoms with van der Waals surface area (Å²) in [7, 11) is 0. The molecule has 3 heteroatoms. The Labute approximate surface area is 107 Å². The first-order valence-electron chi connectivity index (χ1n) is 6.27. The van der Waals surface area contributed by atoms with Crippen LogP contribution >= 0.6 is 0 Å². The highest BCUT2D eigenvalue weighted by molar-refractivity contribution is 5.91. The predicted octanol–water partition coefficient (Wildman–Crippen LogP) is 2.16. The van der Waals surface area contributed by atoms with E-state index in [2.05, 4.69) is 17.2 Å². The number of aliphatic hydroxyl groups excluding tert-OH is 1. The molecule has 0 bridgehead atoms. The SMILES string of the molecule is O=C(CC1CC1)Nc1ccc(C#CCCO)cc1. The Balaban J connectivity index is 1.86. The highest BCUT2D eigenvalue weighted by atomic mass is 16.2. The van der Waals surface area contributed by atoms with Crippen LogP contribution < -0.4 is 5.32 Å². The molecule has 94 valence electrons. The van der Waals surface area contributed by atoms with Crippen LogP contribution in [0, 0.1) is 17.8 Å². The third-order valence-electron chi connectivity index (χ3n) is 2.81. The second-order valence-electron chi connectivity index (χ2n) is 4.55. The monoisotopic (exact) mass is 243 g/mol. The van der Waals surface area contributed by atoms with Crippen molar-refractivity contribution in [3.8, 4) is 11.8 Å². The van der Waals surface area contributed by atoms with Gasteiger partial charge in [0.25, 0.3) is 0 Å². The van der Waals surface area contributed by atoms with E-state index >= 15 is 0 Å². The summed E-state index contributed by atoms with van der Waals surface area (Å²) >= 11 is 0. The summed E-state index contributed by atoms with van der Waals surface area (Å²) < 4.78 is 0. The molecule has 2 N–H and O–H groups in total. The summed E-state index contributed by atoms with van der Waals surface area (Å²) in [4.78, 5) is 11.6. The van der Waals surface area contributed by atoms with Crippen molar-refractivity contribution in [1.29, 1.82) is 0 Å². The lowest BCUT2D eigenvalue weighted by Crippen LogP contribution is -2.11. The maximum atomic E-state index is 11.6. The van der Waals surface area contributed by atoms with E-state index in [1.165, 1.54) is 12.8 Å². The minimum absolute atomic E-state index is 0.0856. The standard InChI is InChI=1S/C15H17NO2/c17-10-2-1-3-12-6-8-14(9-7-12)16-15(18)11-13-4-5-13/h6-9,13,17H,2,4-5,10-11H2,(H,16,18). The Bertz CT molecular complexity index is 464. The fraction of sp³-hybridized carbons (Fsp3) is 0.400. The average Bonchev–Trinajstić information content (AvgIpc) is 3.15. The van der Waals surface area contributed by atoms with Gasteiger partial charge in [-0.05, 0) is 43.0 Å². The van der Waals surface area contributed by atoms with Crippen LogP contribution in [0.25, 0.3) is 0 Å². The molecule has 0 radical (unpaired) electrons. The Morgan fingerprint density at radius 2 is 2.06 bits per heavy atom. The third kappa shape index (κ3) is 4.23. The van der Waals surface area contributed by atoms with Gasteiger partial charge in [-0.1, -0.05) is 11.8 Å². The summed E-state index contributed by atoms with van der Waals surface area (Å²) in [5.41, 5.74) is 1.71. The average molecular weight is 243 g/mol. The van der Waals surface area contributed by atoms with Crippen molar-refractivity contribution in [3.63, 3.8) is 0 Å². The summed E-state index contributed by atoms with van der Waals surface area (Å²) in [6.07, 6.45) is 3.50. The summed E-state index contributed by atoms with van der Waals surface area (Å²) in [6.45, 7) is 0.0856. The molecule has 1 amide bonds. The van der Waals surface area contributed by atoms with Gasteiger partial charge in [0.15, 0.2) is 0 Å². The number of amides is 1. The molecule has 1 fully saturated rings. The molecule has 1 saturated carbocycles. The predicted molar refractivity (Wildman–Crippen MR) is 71.0 cm³/mol. The second-order valence-corrected chi connectivity index (χ2v) is 4.55. The van der Waals surface area contributed by atoms with Gasteiger partial charge < -0.3 is 10.4 Å². The molecular formula is C15H17NO2.